The Morgan fingerprint density at radius 2 is 2.12 bits per heavy atom. The summed E-state index contributed by atoms with van der Waals surface area (Å²) in [6.07, 6.45) is 1.71. The van der Waals surface area contributed by atoms with Crippen LogP contribution in [0.15, 0.2) is 34.9 Å². The molecule has 3 nitrogen and oxygen atoms in total. The second-order valence-corrected chi connectivity index (χ2v) is 4.61. The summed E-state index contributed by atoms with van der Waals surface area (Å²) in [6, 6.07) is 7.86. The molecule has 0 aliphatic carbocycles. The van der Waals surface area contributed by atoms with Crippen molar-refractivity contribution in [3.63, 3.8) is 0 Å². The maximum Gasteiger partial charge on any atom is 0.151 e. The molecule has 5 heteroatoms. The molecule has 1 aromatic carbocycles. The molecule has 2 aromatic heterocycles. The Morgan fingerprint density at radius 3 is 2.94 bits per heavy atom. The van der Waals surface area contributed by atoms with E-state index in [1.165, 1.54) is 11.3 Å². The molecule has 0 spiro atoms. The van der Waals surface area contributed by atoms with Crippen LogP contribution in [0.3, 0.4) is 0 Å². The number of hydrogen-bond donors (Lipinski definition) is 0. The molecule has 0 N–H and O–H groups in total. The summed E-state index contributed by atoms with van der Waals surface area (Å²) in [5.74, 6) is 0.396. The minimum Gasteiger partial charge on any atom is -0.464 e. The quantitative estimate of drug-likeness (QED) is 0.651. The first-order valence-electron chi connectivity index (χ1n) is 4.73. The van der Waals surface area contributed by atoms with Gasteiger partial charge in [0, 0.05) is 5.39 Å². The normalized spacial score (nSPS) is 11.1. The maximum absolute atomic E-state index is 5.70. The van der Waals surface area contributed by atoms with Crippen molar-refractivity contribution in [1.82, 2.24) is 10.2 Å². The molecule has 0 bridgehead atoms. The zero-order chi connectivity index (χ0) is 11.0. The lowest BCUT2D eigenvalue weighted by Gasteiger charge is -1.89. The van der Waals surface area contributed by atoms with Gasteiger partial charge >= 0.3 is 0 Å². The lowest BCUT2D eigenvalue weighted by atomic mass is 10.2. The molecule has 0 saturated heterocycles. The molecule has 0 amide bonds. The van der Waals surface area contributed by atoms with Gasteiger partial charge in [-0.25, -0.2) is 0 Å². The Labute approximate surface area is 101 Å². The molecule has 0 fully saturated rings. The minimum atomic E-state index is 0.396. The number of benzene rings is 1. The fourth-order valence-electron chi connectivity index (χ4n) is 1.56. The first-order valence-corrected chi connectivity index (χ1v) is 6.08. The van der Waals surface area contributed by atoms with E-state index in [0.717, 1.165) is 26.5 Å². The van der Waals surface area contributed by atoms with Gasteiger partial charge in [0.1, 0.15) is 16.9 Å². The highest BCUT2D eigenvalue weighted by molar-refractivity contribution is 7.14. The van der Waals surface area contributed by atoms with Gasteiger partial charge in [0.15, 0.2) is 5.01 Å². The lowest BCUT2D eigenvalue weighted by molar-refractivity contribution is 0.617. The fourth-order valence-corrected chi connectivity index (χ4v) is 2.49. The molecule has 0 atom stereocenters. The Kier molecular flexibility index (Phi) is 2.38. The van der Waals surface area contributed by atoms with Gasteiger partial charge in [0.25, 0.3) is 0 Å². The van der Waals surface area contributed by atoms with Crippen LogP contribution >= 0.6 is 22.9 Å². The van der Waals surface area contributed by atoms with Gasteiger partial charge < -0.3 is 4.42 Å². The summed E-state index contributed by atoms with van der Waals surface area (Å²) >= 11 is 7.20. The standard InChI is InChI=1S/C11H7ClN2OS/c12-5-10-13-14-11(16-10)8-6-15-9-4-2-1-3-7(8)9/h1-4,6H,5H2. The van der Waals surface area contributed by atoms with Crippen LogP contribution in [0.25, 0.3) is 21.5 Å². The molecule has 0 aliphatic rings. The number of halogens is 1. The van der Waals surface area contributed by atoms with Gasteiger partial charge in [0.2, 0.25) is 0 Å². The molecule has 80 valence electrons. The van der Waals surface area contributed by atoms with E-state index in [-0.39, 0.29) is 0 Å². The van der Waals surface area contributed by atoms with Crippen molar-refractivity contribution in [1.29, 1.82) is 0 Å². The van der Waals surface area contributed by atoms with Crippen LogP contribution < -0.4 is 0 Å². The highest BCUT2D eigenvalue weighted by atomic mass is 35.5. The van der Waals surface area contributed by atoms with Crippen molar-refractivity contribution in [2.75, 3.05) is 0 Å². The zero-order valence-corrected chi connectivity index (χ0v) is 9.76. The van der Waals surface area contributed by atoms with Gasteiger partial charge in [-0.05, 0) is 6.07 Å². The van der Waals surface area contributed by atoms with Crippen molar-refractivity contribution in [2.45, 2.75) is 5.88 Å². The third-order valence-corrected chi connectivity index (χ3v) is 3.66. The Morgan fingerprint density at radius 1 is 1.25 bits per heavy atom. The number of nitrogens with zero attached hydrogens (tertiary/aromatic N) is 2. The molecule has 3 aromatic rings. The van der Waals surface area contributed by atoms with E-state index >= 15 is 0 Å². The second kappa shape index (κ2) is 3.88. The molecule has 2 heterocycles. The molecule has 0 unspecified atom stereocenters. The van der Waals surface area contributed by atoms with Crippen LogP contribution in [0.1, 0.15) is 5.01 Å². The van der Waals surface area contributed by atoms with Crippen molar-refractivity contribution in [2.24, 2.45) is 0 Å². The van der Waals surface area contributed by atoms with Crippen molar-refractivity contribution >= 4 is 33.9 Å². The predicted octanol–water partition coefficient (Wildman–Crippen LogP) is 3.69. The summed E-state index contributed by atoms with van der Waals surface area (Å²) in [5.41, 5.74) is 1.84. The van der Waals surface area contributed by atoms with Crippen LogP contribution in [-0.2, 0) is 5.88 Å². The van der Waals surface area contributed by atoms with Gasteiger partial charge in [-0.1, -0.05) is 29.5 Å². The van der Waals surface area contributed by atoms with Crippen LogP contribution in [-0.4, -0.2) is 10.2 Å². The first-order chi connectivity index (χ1) is 7.88. The van der Waals surface area contributed by atoms with Gasteiger partial charge in [-0.15, -0.1) is 21.8 Å². The number of alkyl halides is 1. The molecule has 0 saturated carbocycles. The topological polar surface area (TPSA) is 38.9 Å². The molecular weight excluding hydrogens is 244 g/mol. The largest absolute Gasteiger partial charge is 0.464 e. The summed E-state index contributed by atoms with van der Waals surface area (Å²) in [4.78, 5) is 0. The van der Waals surface area contributed by atoms with Crippen LogP contribution in [0.4, 0.5) is 0 Å². The van der Waals surface area contributed by atoms with E-state index in [1.54, 1.807) is 6.26 Å². The van der Waals surface area contributed by atoms with Crippen LogP contribution in [0, 0.1) is 0 Å². The van der Waals surface area contributed by atoms with Crippen molar-refractivity contribution < 1.29 is 4.42 Å². The zero-order valence-electron chi connectivity index (χ0n) is 8.18. The van der Waals surface area contributed by atoms with E-state index in [4.69, 9.17) is 16.0 Å². The maximum atomic E-state index is 5.70. The fraction of sp³-hybridized carbons (Fsp3) is 0.0909. The Bertz CT molecular complexity index is 631. The van der Waals surface area contributed by atoms with Crippen LogP contribution in [0.5, 0.6) is 0 Å². The molecule has 0 aliphatic heterocycles. The van der Waals surface area contributed by atoms with E-state index < -0.39 is 0 Å². The van der Waals surface area contributed by atoms with Gasteiger partial charge in [-0.2, -0.15) is 0 Å². The molecule has 16 heavy (non-hydrogen) atoms. The van der Waals surface area contributed by atoms with Gasteiger partial charge in [0.05, 0.1) is 11.4 Å². The van der Waals surface area contributed by atoms with Crippen molar-refractivity contribution in [3.8, 4) is 10.6 Å². The number of aromatic nitrogens is 2. The number of fused-ring (bicyclic) bond motifs is 1. The number of hydrogen-bond acceptors (Lipinski definition) is 4. The van der Waals surface area contributed by atoms with E-state index in [9.17, 15) is 0 Å². The van der Waals surface area contributed by atoms with Crippen LogP contribution in [0.2, 0.25) is 0 Å². The SMILES string of the molecule is ClCc1nnc(-c2coc3ccccc23)s1. The Balaban J connectivity index is 2.18. The second-order valence-electron chi connectivity index (χ2n) is 3.28. The van der Waals surface area contributed by atoms with E-state index in [1.807, 2.05) is 24.3 Å². The predicted molar refractivity (Wildman–Crippen MR) is 64.7 cm³/mol. The summed E-state index contributed by atoms with van der Waals surface area (Å²) in [5, 5.41) is 10.8. The number of furan rings is 1. The van der Waals surface area contributed by atoms with Gasteiger partial charge in [-0.3, -0.25) is 0 Å². The average Bonchev–Trinajstić information content (AvgIpc) is 2.94. The third kappa shape index (κ3) is 1.50. The summed E-state index contributed by atoms with van der Waals surface area (Å²) in [6.45, 7) is 0. The summed E-state index contributed by atoms with van der Waals surface area (Å²) < 4.78 is 5.45. The number of rotatable bonds is 2. The minimum absolute atomic E-state index is 0.396. The average molecular weight is 251 g/mol. The van der Waals surface area contributed by atoms with E-state index in [0.29, 0.717) is 5.88 Å². The molecular formula is C11H7ClN2OS. The van der Waals surface area contributed by atoms with Crippen molar-refractivity contribution in [3.05, 3.63) is 35.5 Å². The molecule has 3 rings (SSSR count). The monoisotopic (exact) mass is 250 g/mol. The summed E-state index contributed by atoms with van der Waals surface area (Å²) in [7, 11) is 0. The highest BCUT2D eigenvalue weighted by Gasteiger charge is 2.12. The number of para-hydroxylation sites is 1. The third-order valence-electron chi connectivity index (χ3n) is 2.29. The lowest BCUT2D eigenvalue weighted by Crippen LogP contribution is -1.75. The first kappa shape index (κ1) is 9.81. The smallest absolute Gasteiger partial charge is 0.151 e. The highest BCUT2D eigenvalue weighted by Crippen LogP contribution is 2.32. The van der Waals surface area contributed by atoms with E-state index in [2.05, 4.69) is 10.2 Å². The molecule has 0 radical (unpaired) electrons. The Hall–Kier alpha value is -1.39.